The normalized spacial score (nSPS) is 27.1. The lowest BCUT2D eigenvalue weighted by Crippen LogP contribution is -2.66. The molecule has 22 nitrogen and oxygen atoms in total. The molecule has 0 radical (unpaired) electrons. The molecule has 0 aliphatic carbocycles. The third-order valence-corrected chi connectivity index (χ3v) is 9.57. The summed E-state index contributed by atoms with van der Waals surface area (Å²) in [5, 5.41) is 5.41. The minimum atomic E-state index is -4.52. The lowest BCUT2D eigenvalue weighted by atomic mass is 9.94. The fourth-order valence-electron chi connectivity index (χ4n) is 6.32. The molecule has 0 bridgehead atoms. The number of nitrogens with one attached hydrogen (secondary N) is 3. The van der Waals surface area contributed by atoms with Gasteiger partial charge in [0, 0.05) is 79.7 Å². The predicted octanol–water partition coefficient (Wildman–Crippen LogP) is -0.432. The first-order chi connectivity index (χ1) is 26.5. The number of aromatic amines is 1. The number of aromatic nitrogens is 2. The molecular weight excluding hydrogens is 771 g/mol. The Bertz CT molecular complexity index is 1670. The number of hydrogen-bond acceptors (Lipinski definition) is 17. The Hall–Kier alpha value is -4.02. The maximum atomic E-state index is 12.7. The summed E-state index contributed by atoms with van der Waals surface area (Å²) >= 11 is 0. The molecule has 2 saturated heterocycles. The van der Waals surface area contributed by atoms with Gasteiger partial charge in [-0.05, 0) is 25.7 Å². The van der Waals surface area contributed by atoms with Crippen LogP contribution < -0.4 is 21.9 Å². The molecule has 23 heteroatoms. The molecule has 3 rings (SSSR count). The van der Waals surface area contributed by atoms with E-state index in [1.165, 1.54) is 27.2 Å². The number of methoxy groups -OCH3 is 1. The van der Waals surface area contributed by atoms with Crippen LogP contribution in [0.3, 0.4) is 0 Å². The van der Waals surface area contributed by atoms with Crippen LogP contribution in [0, 0.1) is 5.92 Å². The van der Waals surface area contributed by atoms with Crippen molar-refractivity contribution < 1.29 is 75.6 Å². The number of hydrogen-bond donors (Lipinski definition) is 4. The van der Waals surface area contributed by atoms with Crippen LogP contribution >= 0.6 is 7.82 Å². The topological polar surface area (TPSA) is 285 Å². The van der Waals surface area contributed by atoms with E-state index < -0.39 is 97.9 Å². The highest BCUT2D eigenvalue weighted by Crippen LogP contribution is 2.50. The van der Waals surface area contributed by atoms with E-state index in [2.05, 4.69) is 20.1 Å². The number of esters is 3. The van der Waals surface area contributed by atoms with Crippen LogP contribution in [0.4, 0.5) is 0 Å². The van der Waals surface area contributed by atoms with Crippen LogP contribution in [0.1, 0.15) is 66.0 Å². The first-order valence-electron chi connectivity index (χ1n) is 17.8. The number of unbranched alkanes of at least 4 members (excludes halogenated alkanes) is 1. The molecule has 10 atom stereocenters. The van der Waals surface area contributed by atoms with Gasteiger partial charge in [0.1, 0.15) is 37.2 Å². The number of rotatable bonds is 21. The summed E-state index contributed by atoms with van der Waals surface area (Å²) in [6.07, 6.45) is -5.28. The van der Waals surface area contributed by atoms with Crippen LogP contribution in [0.5, 0.6) is 0 Å². The maximum Gasteiger partial charge on any atom is 0.472 e. The molecule has 2 unspecified atom stereocenters. The van der Waals surface area contributed by atoms with Gasteiger partial charge >= 0.3 is 31.4 Å². The van der Waals surface area contributed by atoms with E-state index >= 15 is 0 Å². The summed E-state index contributed by atoms with van der Waals surface area (Å²) < 4.78 is 62.6. The van der Waals surface area contributed by atoms with Gasteiger partial charge in [-0.3, -0.25) is 47.4 Å². The SMILES string of the molecule is COC[C@H]1O[C@@H](n2ccc(=O)[nH]c2=O)C(CCCNC(=O)CCCCO[C@@H]2O[C@H](COC(C)=O)[C@H](OC(C)=O)[C@H](OC(C)=O)[C@H]2NC(C)=O)[C@H]1OP(=O)(O)OC. The van der Waals surface area contributed by atoms with Crippen molar-refractivity contribution in [1.29, 1.82) is 0 Å². The standard InChI is InChI=1S/C33H51N4O18P/c1-18(38)35-27-30(52-21(4)41)29(51-20(3)40)24(17-50-19(2)39)54-32(27)49-15-8-7-11-25(42)34-13-9-10-22-28(55-56(45,46)48-6)23(16-47-5)53-31(22)37-14-12-26(43)36-33(37)44/h12,14,22-24,27-32H,7-11,13,15-17H2,1-6H3,(H,34,42)(H,35,38)(H,45,46)(H,36,43,44)/t22?,23-,24-,27-,28-,29+,30-,31-,32-/m1/s1. The summed E-state index contributed by atoms with van der Waals surface area (Å²) in [6.45, 7) is 4.41. The first kappa shape index (κ1) is 46.4. The number of phosphoric ester groups is 1. The number of carbonyl (C=O) groups excluding carboxylic acids is 5. The molecular formula is C33H51N4O18P. The quantitative estimate of drug-likeness (QED) is 0.0529. The summed E-state index contributed by atoms with van der Waals surface area (Å²) in [6, 6.07) is 0.00442. The van der Waals surface area contributed by atoms with E-state index in [9.17, 15) is 43.0 Å². The second-order valence-corrected chi connectivity index (χ2v) is 14.5. The largest absolute Gasteiger partial charge is 0.472 e. The zero-order valence-corrected chi connectivity index (χ0v) is 32.9. The van der Waals surface area contributed by atoms with Gasteiger partial charge in [-0.25, -0.2) is 9.36 Å². The monoisotopic (exact) mass is 822 g/mol. The van der Waals surface area contributed by atoms with Gasteiger partial charge in [0.25, 0.3) is 5.56 Å². The van der Waals surface area contributed by atoms with Gasteiger partial charge in [-0.2, -0.15) is 0 Å². The Kier molecular flexibility index (Phi) is 18.3. The van der Waals surface area contributed by atoms with Crippen molar-refractivity contribution in [3.63, 3.8) is 0 Å². The van der Waals surface area contributed by atoms with Crippen molar-refractivity contribution in [2.24, 2.45) is 5.92 Å². The smallest absolute Gasteiger partial charge is 0.463 e. The number of amides is 2. The van der Waals surface area contributed by atoms with Gasteiger partial charge in [0.2, 0.25) is 11.8 Å². The van der Waals surface area contributed by atoms with E-state index in [1.807, 2.05) is 0 Å². The van der Waals surface area contributed by atoms with Gasteiger partial charge in [-0.1, -0.05) is 0 Å². The minimum Gasteiger partial charge on any atom is -0.463 e. The van der Waals surface area contributed by atoms with Crippen LogP contribution in [-0.4, -0.2) is 128 Å². The lowest BCUT2D eigenvalue weighted by molar-refractivity contribution is -0.277. The Morgan fingerprint density at radius 2 is 1.59 bits per heavy atom. The number of H-pyrrole nitrogens is 1. The Morgan fingerprint density at radius 3 is 2.20 bits per heavy atom. The lowest BCUT2D eigenvalue weighted by Gasteiger charge is -2.44. The summed E-state index contributed by atoms with van der Waals surface area (Å²) in [7, 11) is -2.13. The molecule has 2 aliphatic rings. The van der Waals surface area contributed by atoms with E-state index in [0.29, 0.717) is 19.3 Å². The molecule has 0 aromatic carbocycles. The van der Waals surface area contributed by atoms with Crippen LogP contribution in [0.2, 0.25) is 0 Å². The summed E-state index contributed by atoms with van der Waals surface area (Å²) in [5.74, 6) is -3.67. The highest BCUT2D eigenvalue weighted by molar-refractivity contribution is 7.47. The van der Waals surface area contributed by atoms with Crippen molar-refractivity contribution in [3.8, 4) is 0 Å². The molecule has 1 aromatic heterocycles. The predicted molar refractivity (Wildman–Crippen MR) is 188 cm³/mol. The zero-order chi connectivity index (χ0) is 41.6. The Labute approximate surface area is 321 Å². The highest BCUT2D eigenvalue weighted by Gasteiger charge is 2.52. The van der Waals surface area contributed by atoms with Gasteiger partial charge in [-0.15, -0.1) is 0 Å². The molecule has 2 amide bonds. The molecule has 2 aliphatic heterocycles. The molecule has 4 N–H and O–H groups in total. The van der Waals surface area contributed by atoms with E-state index in [4.69, 9.17) is 37.7 Å². The van der Waals surface area contributed by atoms with Crippen LogP contribution in [-0.2, 0) is 70.7 Å². The van der Waals surface area contributed by atoms with Crippen molar-refractivity contribution in [1.82, 2.24) is 20.2 Å². The number of phosphoric acid groups is 1. The van der Waals surface area contributed by atoms with E-state index in [0.717, 1.165) is 31.6 Å². The van der Waals surface area contributed by atoms with Crippen molar-refractivity contribution >= 4 is 37.5 Å². The average Bonchev–Trinajstić information content (AvgIpc) is 3.42. The second kappa shape index (κ2) is 22.1. The molecule has 2 fully saturated rings. The van der Waals surface area contributed by atoms with Gasteiger partial charge in [0.15, 0.2) is 18.5 Å². The van der Waals surface area contributed by atoms with Crippen molar-refractivity contribution in [3.05, 3.63) is 33.1 Å². The van der Waals surface area contributed by atoms with Crippen molar-refractivity contribution in [2.75, 3.05) is 40.6 Å². The molecule has 1 aromatic rings. The highest BCUT2D eigenvalue weighted by atomic mass is 31.2. The molecule has 316 valence electrons. The van der Waals surface area contributed by atoms with Gasteiger partial charge < -0.3 is 48.7 Å². The van der Waals surface area contributed by atoms with E-state index in [-0.39, 0.29) is 45.1 Å². The minimum absolute atomic E-state index is 0.0206. The average molecular weight is 823 g/mol. The third-order valence-electron chi connectivity index (χ3n) is 8.60. The molecule has 0 spiro atoms. The maximum absolute atomic E-state index is 12.7. The summed E-state index contributed by atoms with van der Waals surface area (Å²) in [5.41, 5.74) is -1.39. The van der Waals surface area contributed by atoms with Gasteiger partial charge in [0.05, 0.1) is 6.61 Å². The Morgan fingerprint density at radius 1 is 0.911 bits per heavy atom. The number of carbonyl (C=O) groups is 5. The third kappa shape index (κ3) is 14.2. The molecule has 0 saturated carbocycles. The fraction of sp³-hybridized carbons (Fsp3) is 0.727. The first-order valence-corrected chi connectivity index (χ1v) is 19.3. The molecule has 3 heterocycles. The number of nitrogens with zero attached hydrogens (tertiary/aromatic N) is 1. The summed E-state index contributed by atoms with van der Waals surface area (Å²) in [4.78, 5) is 97.0. The zero-order valence-electron chi connectivity index (χ0n) is 32.0. The molecule has 56 heavy (non-hydrogen) atoms. The number of ether oxygens (including phenoxy) is 7. The Balaban J connectivity index is 1.59. The fourth-order valence-corrected chi connectivity index (χ4v) is 7.00. The second-order valence-electron chi connectivity index (χ2n) is 13.0. The van der Waals surface area contributed by atoms with Crippen molar-refractivity contribution in [2.45, 2.75) is 109 Å². The van der Waals surface area contributed by atoms with Crippen LogP contribution in [0.15, 0.2) is 21.9 Å². The van der Waals surface area contributed by atoms with E-state index in [1.54, 1.807) is 0 Å². The van der Waals surface area contributed by atoms with Crippen LogP contribution in [0.25, 0.3) is 0 Å².